The first kappa shape index (κ1) is 12.7. The Labute approximate surface area is 108 Å². The van der Waals surface area contributed by atoms with Crippen molar-refractivity contribution >= 4 is 0 Å². The molecule has 2 rings (SSSR count). The lowest BCUT2D eigenvalue weighted by Crippen LogP contribution is -2.14. The van der Waals surface area contributed by atoms with Crippen molar-refractivity contribution in [3.05, 3.63) is 47.9 Å². The van der Waals surface area contributed by atoms with E-state index in [1.54, 1.807) is 0 Å². The second-order valence-electron chi connectivity index (χ2n) is 4.46. The minimum Gasteiger partial charge on any atom is -0.330 e. The van der Waals surface area contributed by atoms with E-state index in [2.05, 4.69) is 35.9 Å². The largest absolute Gasteiger partial charge is 0.330 e. The molecule has 94 valence electrons. The number of hydrogen-bond donors (Lipinski definition) is 1. The van der Waals surface area contributed by atoms with Gasteiger partial charge in [-0.15, -0.1) is 0 Å². The predicted octanol–water partition coefficient (Wildman–Crippen LogP) is 2.90. The molecule has 1 atom stereocenters. The van der Waals surface area contributed by atoms with Gasteiger partial charge in [0.15, 0.2) is 0 Å². The quantitative estimate of drug-likeness (QED) is 0.895. The van der Waals surface area contributed by atoms with Gasteiger partial charge in [0, 0.05) is 24.2 Å². The van der Waals surface area contributed by atoms with Gasteiger partial charge in [-0.2, -0.15) is 0 Å². The summed E-state index contributed by atoms with van der Waals surface area (Å²) in [6, 6.07) is 10.2. The Morgan fingerprint density at radius 3 is 2.67 bits per heavy atom. The Bertz CT molecular complexity index is 519. The van der Waals surface area contributed by atoms with Crippen LogP contribution >= 0.6 is 0 Å². The summed E-state index contributed by atoms with van der Waals surface area (Å²) in [6.45, 7) is 4.80. The number of aryl methyl sites for hydroxylation is 1. The highest BCUT2D eigenvalue weighted by atomic mass is 14.9. The van der Waals surface area contributed by atoms with Crippen molar-refractivity contribution in [1.29, 1.82) is 0 Å². The van der Waals surface area contributed by atoms with E-state index in [1.165, 1.54) is 5.56 Å². The molecule has 1 unspecified atom stereocenters. The predicted molar refractivity (Wildman–Crippen MR) is 74.3 cm³/mol. The molecule has 0 radical (unpaired) electrons. The SMILES string of the molecule is CCC(CN)c1nccc(-c2ccccc2C)n1. The molecule has 0 aliphatic heterocycles. The van der Waals surface area contributed by atoms with Crippen LogP contribution in [0.25, 0.3) is 11.3 Å². The lowest BCUT2D eigenvalue weighted by atomic mass is 10.0. The molecule has 0 bridgehead atoms. The molecule has 18 heavy (non-hydrogen) atoms. The maximum atomic E-state index is 5.75. The highest BCUT2D eigenvalue weighted by Crippen LogP contribution is 2.22. The zero-order valence-corrected chi connectivity index (χ0v) is 10.9. The molecule has 0 saturated carbocycles. The maximum Gasteiger partial charge on any atom is 0.133 e. The van der Waals surface area contributed by atoms with E-state index in [1.807, 2.05) is 24.4 Å². The van der Waals surface area contributed by atoms with Crippen molar-refractivity contribution in [2.45, 2.75) is 26.2 Å². The average molecular weight is 241 g/mol. The Kier molecular flexibility index (Phi) is 4.05. The van der Waals surface area contributed by atoms with Gasteiger partial charge in [0.25, 0.3) is 0 Å². The molecule has 0 fully saturated rings. The van der Waals surface area contributed by atoms with Crippen LogP contribution in [0.1, 0.15) is 30.7 Å². The molecular formula is C15H19N3. The smallest absolute Gasteiger partial charge is 0.133 e. The van der Waals surface area contributed by atoms with E-state index in [0.29, 0.717) is 6.54 Å². The monoisotopic (exact) mass is 241 g/mol. The molecule has 0 saturated heterocycles. The van der Waals surface area contributed by atoms with E-state index in [4.69, 9.17) is 5.73 Å². The number of nitrogens with two attached hydrogens (primary N) is 1. The first-order chi connectivity index (χ1) is 8.76. The highest BCUT2D eigenvalue weighted by molar-refractivity contribution is 5.62. The number of hydrogen-bond acceptors (Lipinski definition) is 3. The molecule has 0 aliphatic carbocycles. The summed E-state index contributed by atoms with van der Waals surface area (Å²) in [5.41, 5.74) is 9.12. The lowest BCUT2D eigenvalue weighted by Gasteiger charge is -2.12. The van der Waals surface area contributed by atoms with Gasteiger partial charge in [-0.1, -0.05) is 31.2 Å². The van der Waals surface area contributed by atoms with Crippen LogP contribution in [0.3, 0.4) is 0 Å². The van der Waals surface area contributed by atoms with Gasteiger partial charge in [-0.3, -0.25) is 0 Å². The molecular weight excluding hydrogens is 222 g/mol. The van der Waals surface area contributed by atoms with E-state index >= 15 is 0 Å². The fourth-order valence-corrected chi connectivity index (χ4v) is 2.04. The summed E-state index contributed by atoms with van der Waals surface area (Å²) < 4.78 is 0. The van der Waals surface area contributed by atoms with Gasteiger partial charge in [0.1, 0.15) is 5.82 Å². The molecule has 3 heteroatoms. The average Bonchev–Trinajstić information content (AvgIpc) is 2.41. The van der Waals surface area contributed by atoms with Crippen LogP contribution in [0.15, 0.2) is 36.5 Å². The molecule has 2 N–H and O–H groups in total. The van der Waals surface area contributed by atoms with E-state index < -0.39 is 0 Å². The third-order valence-corrected chi connectivity index (χ3v) is 3.24. The molecule has 2 aromatic rings. The van der Waals surface area contributed by atoms with Crippen LogP contribution in [0.2, 0.25) is 0 Å². The van der Waals surface area contributed by atoms with Crippen LogP contribution in [0.5, 0.6) is 0 Å². The Morgan fingerprint density at radius 1 is 1.22 bits per heavy atom. The zero-order chi connectivity index (χ0) is 13.0. The van der Waals surface area contributed by atoms with E-state index in [-0.39, 0.29) is 5.92 Å². The first-order valence-electron chi connectivity index (χ1n) is 6.35. The van der Waals surface area contributed by atoms with Crippen LogP contribution in [-0.4, -0.2) is 16.5 Å². The fourth-order valence-electron chi connectivity index (χ4n) is 2.04. The van der Waals surface area contributed by atoms with Crippen molar-refractivity contribution in [1.82, 2.24) is 9.97 Å². The van der Waals surface area contributed by atoms with Crippen molar-refractivity contribution in [3.63, 3.8) is 0 Å². The Balaban J connectivity index is 2.42. The van der Waals surface area contributed by atoms with Crippen LogP contribution in [-0.2, 0) is 0 Å². The molecule has 1 aromatic heterocycles. The normalized spacial score (nSPS) is 12.4. The Morgan fingerprint density at radius 2 is 2.00 bits per heavy atom. The van der Waals surface area contributed by atoms with Gasteiger partial charge in [0.05, 0.1) is 5.69 Å². The van der Waals surface area contributed by atoms with Crippen molar-refractivity contribution in [2.24, 2.45) is 5.73 Å². The summed E-state index contributed by atoms with van der Waals surface area (Å²) in [7, 11) is 0. The number of aromatic nitrogens is 2. The molecule has 1 heterocycles. The second kappa shape index (κ2) is 5.74. The zero-order valence-electron chi connectivity index (χ0n) is 10.9. The molecule has 0 spiro atoms. The van der Waals surface area contributed by atoms with Gasteiger partial charge in [-0.25, -0.2) is 9.97 Å². The molecule has 0 aliphatic rings. The van der Waals surface area contributed by atoms with Gasteiger partial charge >= 0.3 is 0 Å². The Hall–Kier alpha value is -1.74. The number of rotatable bonds is 4. The lowest BCUT2D eigenvalue weighted by molar-refractivity contribution is 0.631. The van der Waals surface area contributed by atoms with Crippen LogP contribution in [0.4, 0.5) is 0 Å². The summed E-state index contributed by atoms with van der Waals surface area (Å²) in [5, 5.41) is 0. The topological polar surface area (TPSA) is 51.8 Å². The van der Waals surface area contributed by atoms with Gasteiger partial charge in [-0.05, 0) is 25.0 Å². The van der Waals surface area contributed by atoms with Crippen molar-refractivity contribution in [3.8, 4) is 11.3 Å². The highest BCUT2D eigenvalue weighted by Gasteiger charge is 2.12. The standard InChI is InChI=1S/C15H19N3/c1-3-12(10-16)15-17-9-8-14(18-15)13-7-5-4-6-11(13)2/h4-9,12H,3,10,16H2,1-2H3. The molecule has 1 aromatic carbocycles. The van der Waals surface area contributed by atoms with E-state index in [0.717, 1.165) is 23.5 Å². The third kappa shape index (κ3) is 2.57. The molecule has 3 nitrogen and oxygen atoms in total. The number of benzene rings is 1. The minimum absolute atomic E-state index is 0.244. The summed E-state index contributed by atoms with van der Waals surface area (Å²) >= 11 is 0. The third-order valence-electron chi connectivity index (χ3n) is 3.24. The summed E-state index contributed by atoms with van der Waals surface area (Å²) in [5.74, 6) is 1.09. The van der Waals surface area contributed by atoms with Gasteiger partial charge in [0.2, 0.25) is 0 Å². The summed E-state index contributed by atoms with van der Waals surface area (Å²) in [4.78, 5) is 9.00. The van der Waals surface area contributed by atoms with Crippen LogP contribution < -0.4 is 5.73 Å². The second-order valence-corrected chi connectivity index (χ2v) is 4.46. The van der Waals surface area contributed by atoms with Crippen LogP contribution in [0, 0.1) is 6.92 Å². The summed E-state index contributed by atoms with van der Waals surface area (Å²) in [6.07, 6.45) is 2.79. The first-order valence-corrected chi connectivity index (χ1v) is 6.35. The maximum absolute atomic E-state index is 5.75. The number of nitrogens with zero attached hydrogens (tertiary/aromatic N) is 2. The molecule has 0 amide bonds. The van der Waals surface area contributed by atoms with Gasteiger partial charge < -0.3 is 5.73 Å². The van der Waals surface area contributed by atoms with Crippen molar-refractivity contribution in [2.75, 3.05) is 6.54 Å². The fraction of sp³-hybridized carbons (Fsp3) is 0.333. The minimum atomic E-state index is 0.244. The van der Waals surface area contributed by atoms with E-state index in [9.17, 15) is 0 Å². The van der Waals surface area contributed by atoms with Crippen molar-refractivity contribution < 1.29 is 0 Å².